The molecule has 1 N–H and O–H groups in total. The highest BCUT2D eigenvalue weighted by Gasteiger charge is 2.20. The van der Waals surface area contributed by atoms with Gasteiger partial charge in [-0.15, -0.1) is 0 Å². The number of phenols is 1. The highest BCUT2D eigenvalue weighted by Crippen LogP contribution is 2.45. The summed E-state index contributed by atoms with van der Waals surface area (Å²) in [5, 5.41) is 9.92. The lowest BCUT2D eigenvalue weighted by Crippen LogP contribution is -1.99. The van der Waals surface area contributed by atoms with Crippen LogP contribution in [-0.2, 0) is 0 Å². The standard InChI is InChI=1S/C11H15BrO3/c1-6(2)9-10(13)7(12)5-8(14-3)11(9)15-4/h5-6,13H,1-4H3. The van der Waals surface area contributed by atoms with Gasteiger partial charge in [0.15, 0.2) is 11.5 Å². The second-order valence-corrected chi connectivity index (χ2v) is 4.37. The van der Waals surface area contributed by atoms with Gasteiger partial charge in [0.2, 0.25) is 0 Å². The highest BCUT2D eigenvalue weighted by molar-refractivity contribution is 9.10. The molecule has 0 aliphatic heterocycles. The van der Waals surface area contributed by atoms with Crippen LogP contribution in [0.25, 0.3) is 0 Å². The number of aromatic hydroxyl groups is 1. The van der Waals surface area contributed by atoms with Crippen LogP contribution < -0.4 is 9.47 Å². The van der Waals surface area contributed by atoms with Crippen molar-refractivity contribution in [3.8, 4) is 17.2 Å². The molecule has 0 fully saturated rings. The summed E-state index contributed by atoms with van der Waals surface area (Å²) in [7, 11) is 3.14. The minimum Gasteiger partial charge on any atom is -0.506 e. The maximum atomic E-state index is 9.92. The molecule has 0 amide bonds. The van der Waals surface area contributed by atoms with Gasteiger partial charge >= 0.3 is 0 Å². The summed E-state index contributed by atoms with van der Waals surface area (Å²) in [6.07, 6.45) is 0. The number of halogens is 1. The van der Waals surface area contributed by atoms with Crippen LogP contribution in [0, 0.1) is 0 Å². The fourth-order valence-electron chi connectivity index (χ4n) is 1.52. The average Bonchev–Trinajstić information content (AvgIpc) is 2.20. The molecule has 3 nitrogen and oxygen atoms in total. The Labute approximate surface area is 98.1 Å². The van der Waals surface area contributed by atoms with E-state index >= 15 is 0 Å². The molecule has 84 valence electrons. The minimum atomic E-state index is 0.159. The first kappa shape index (κ1) is 12.2. The highest BCUT2D eigenvalue weighted by atomic mass is 79.9. The van der Waals surface area contributed by atoms with Crippen LogP contribution in [0.4, 0.5) is 0 Å². The van der Waals surface area contributed by atoms with Gasteiger partial charge in [0.05, 0.1) is 18.7 Å². The SMILES string of the molecule is COc1cc(Br)c(O)c(C(C)C)c1OC. The Bertz CT molecular complexity index is 361. The summed E-state index contributed by atoms with van der Waals surface area (Å²) in [5.41, 5.74) is 0.753. The molecule has 0 radical (unpaired) electrons. The Hall–Kier alpha value is -0.900. The van der Waals surface area contributed by atoms with Crippen molar-refractivity contribution >= 4 is 15.9 Å². The lowest BCUT2D eigenvalue weighted by atomic mass is 10.0. The van der Waals surface area contributed by atoms with Crippen LogP contribution in [0.1, 0.15) is 25.3 Å². The van der Waals surface area contributed by atoms with Crippen molar-refractivity contribution < 1.29 is 14.6 Å². The third-order valence-corrected chi connectivity index (χ3v) is 2.81. The molecule has 0 aliphatic rings. The zero-order valence-corrected chi connectivity index (χ0v) is 10.9. The summed E-state index contributed by atoms with van der Waals surface area (Å²) >= 11 is 3.28. The van der Waals surface area contributed by atoms with Crippen LogP contribution in [0.2, 0.25) is 0 Å². The topological polar surface area (TPSA) is 38.7 Å². The van der Waals surface area contributed by atoms with E-state index in [1.165, 1.54) is 0 Å². The monoisotopic (exact) mass is 274 g/mol. The predicted octanol–water partition coefficient (Wildman–Crippen LogP) is 3.30. The van der Waals surface area contributed by atoms with Gasteiger partial charge in [-0.25, -0.2) is 0 Å². The summed E-state index contributed by atoms with van der Waals surface area (Å²) in [6.45, 7) is 3.98. The quantitative estimate of drug-likeness (QED) is 0.919. The molecule has 0 saturated heterocycles. The molecular formula is C11H15BrO3. The van der Waals surface area contributed by atoms with E-state index in [9.17, 15) is 5.11 Å². The molecule has 0 unspecified atom stereocenters. The first-order valence-electron chi connectivity index (χ1n) is 4.66. The summed E-state index contributed by atoms with van der Waals surface area (Å²) in [6, 6.07) is 1.69. The van der Waals surface area contributed by atoms with Crippen molar-refractivity contribution in [3.05, 3.63) is 16.1 Å². The molecule has 4 heteroatoms. The normalized spacial score (nSPS) is 10.5. The van der Waals surface area contributed by atoms with Crippen molar-refractivity contribution in [3.63, 3.8) is 0 Å². The fraction of sp³-hybridized carbons (Fsp3) is 0.455. The maximum Gasteiger partial charge on any atom is 0.167 e. The van der Waals surface area contributed by atoms with Gasteiger partial charge in [-0.2, -0.15) is 0 Å². The third kappa shape index (κ3) is 2.20. The van der Waals surface area contributed by atoms with E-state index in [2.05, 4.69) is 15.9 Å². The molecule has 0 bridgehead atoms. The molecule has 0 aliphatic carbocycles. The van der Waals surface area contributed by atoms with E-state index in [1.54, 1.807) is 20.3 Å². The Kier molecular flexibility index (Phi) is 3.85. The number of hydrogen-bond donors (Lipinski definition) is 1. The lowest BCUT2D eigenvalue weighted by Gasteiger charge is -2.17. The number of hydrogen-bond acceptors (Lipinski definition) is 3. The molecule has 0 heterocycles. The lowest BCUT2D eigenvalue weighted by molar-refractivity contribution is 0.344. The maximum absolute atomic E-state index is 9.92. The van der Waals surface area contributed by atoms with Crippen molar-refractivity contribution in [2.75, 3.05) is 14.2 Å². The smallest absolute Gasteiger partial charge is 0.167 e. The van der Waals surface area contributed by atoms with Gasteiger partial charge in [0.25, 0.3) is 0 Å². The zero-order chi connectivity index (χ0) is 11.6. The van der Waals surface area contributed by atoms with Gasteiger partial charge in [-0.1, -0.05) is 13.8 Å². The van der Waals surface area contributed by atoms with Gasteiger partial charge < -0.3 is 14.6 Å². The van der Waals surface area contributed by atoms with Gasteiger partial charge in [0.1, 0.15) is 5.75 Å². The van der Waals surface area contributed by atoms with Crippen molar-refractivity contribution in [1.29, 1.82) is 0 Å². The molecule has 1 rings (SSSR count). The Morgan fingerprint density at radius 3 is 2.27 bits per heavy atom. The first-order chi connectivity index (χ1) is 7.02. The molecule has 15 heavy (non-hydrogen) atoms. The van der Waals surface area contributed by atoms with E-state index in [0.29, 0.717) is 16.0 Å². The Morgan fingerprint density at radius 2 is 1.87 bits per heavy atom. The molecule has 1 aromatic carbocycles. The number of ether oxygens (including phenoxy) is 2. The van der Waals surface area contributed by atoms with Crippen LogP contribution in [0.3, 0.4) is 0 Å². The molecule has 0 atom stereocenters. The van der Waals surface area contributed by atoms with E-state index in [1.807, 2.05) is 13.8 Å². The largest absolute Gasteiger partial charge is 0.506 e. The van der Waals surface area contributed by atoms with E-state index in [-0.39, 0.29) is 11.7 Å². The number of methoxy groups -OCH3 is 2. The minimum absolute atomic E-state index is 0.159. The number of rotatable bonds is 3. The number of phenolic OH excluding ortho intramolecular Hbond substituents is 1. The third-order valence-electron chi connectivity index (χ3n) is 2.21. The predicted molar refractivity (Wildman–Crippen MR) is 63.0 cm³/mol. The second kappa shape index (κ2) is 4.75. The van der Waals surface area contributed by atoms with E-state index < -0.39 is 0 Å². The van der Waals surface area contributed by atoms with Crippen molar-refractivity contribution in [1.82, 2.24) is 0 Å². The van der Waals surface area contributed by atoms with Gasteiger partial charge in [-0.3, -0.25) is 0 Å². The van der Waals surface area contributed by atoms with Crippen LogP contribution in [-0.4, -0.2) is 19.3 Å². The zero-order valence-electron chi connectivity index (χ0n) is 9.30. The van der Waals surface area contributed by atoms with Crippen molar-refractivity contribution in [2.24, 2.45) is 0 Å². The van der Waals surface area contributed by atoms with Crippen LogP contribution in [0.15, 0.2) is 10.5 Å². The van der Waals surface area contributed by atoms with Crippen LogP contribution >= 0.6 is 15.9 Å². The Morgan fingerprint density at radius 1 is 1.27 bits per heavy atom. The molecule has 0 saturated carbocycles. The van der Waals surface area contributed by atoms with Crippen LogP contribution in [0.5, 0.6) is 17.2 Å². The average molecular weight is 275 g/mol. The molecule has 0 aromatic heterocycles. The summed E-state index contributed by atoms with van der Waals surface area (Å²) in [4.78, 5) is 0. The van der Waals surface area contributed by atoms with Crippen molar-refractivity contribution in [2.45, 2.75) is 19.8 Å². The fourth-order valence-corrected chi connectivity index (χ4v) is 1.94. The Balaban J connectivity index is 3.49. The molecule has 0 spiro atoms. The van der Waals surface area contributed by atoms with Gasteiger partial charge in [-0.05, 0) is 21.8 Å². The molecular weight excluding hydrogens is 260 g/mol. The van der Waals surface area contributed by atoms with E-state index in [4.69, 9.17) is 9.47 Å². The first-order valence-corrected chi connectivity index (χ1v) is 5.45. The number of benzene rings is 1. The summed E-state index contributed by atoms with van der Waals surface area (Å²) < 4.78 is 11.1. The summed E-state index contributed by atoms with van der Waals surface area (Å²) in [5.74, 6) is 1.58. The van der Waals surface area contributed by atoms with E-state index in [0.717, 1.165) is 5.56 Å². The molecule has 1 aromatic rings. The van der Waals surface area contributed by atoms with Gasteiger partial charge in [0, 0.05) is 11.6 Å². The second-order valence-electron chi connectivity index (χ2n) is 3.51.